The lowest BCUT2D eigenvalue weighted by Gasteiger charge is -2.61. The maximum atomic E-state index is 14.3. The molecule has 5 rings (SSSR count). The zero-order valence-electron chi connectivity index (χ0n) is 24.2. The molecule has 11 atom stereocenters. The van der Waals surface area contributed by atoms with Gasteiger partial charge in [0.05, 0.1) is 12.0 Å². The van der Waals surface area contributed by atoms with E-state index in [0.717, 1.165) is 45.2 Å². The van der Waals surface area contributed by atoms with Gasteiger partial charge in [0.2, 0.25) is 5.91 Å². The first kappa shape index (κ1) is 28.0. The van der Waals surface area contributed by atoms with E-state index in [1.54, 1.807) is 14.2 Å². The van der Waals surface area contributed by atoms with Crippen molar-refractivity contribution in [3.63, 3.8) is 0 Å². The zero-order valence-corrected chi connectivity index (χ0v) is 24.2. The predicted molar refractivity (Wildman–Crippen MR) is 142 cm³/mol. The molecule has 1 N–H and O–H groups in total. The summed E-state index contributed by atoms with van der Waals surface area (Å²) >= 11 is 0. The molecule has 5 aliphatic rings. The fraction of sp³-hybridized carbons (Fsp3) is 0.900. The molecule has 214 valence electrons. The Labute approximate surface area is 227 Å². The molecule has 0 aromatic carbocycles. The van der Waals surface area contributed by atoms with Gasteiger partial charge in [0.15, 0.2) is 0 Å². The number of amides is 2. The van der Waals surface area contributed by atoms with E-state index in [2.05, 4.69) is 31.0 Å². The Kier molecular flexibility index (Phi) is 7.49. The third-order valence-corrected chi connectivity index (χ3v) is 12.1. The SMILES string of the molecule is COCC[C@]1(C)C[C@@H](OC(=O)NC(=O)[C@H]2CN3CC[C@@H]2C3)[C@@]2(C)C3[C@H](OC)CCC3(CC[C@H]2C)[C@@H](C)C1=O. The highest BCUT2D eigenvalue weighted by Gasteiger charge is 2.68. The number of methoxy groups -OCH3 is 2. The van der Waals surface area contributed by atoms with Gasteiger partial charge in [-0.25, -0.2) is 4.79 Å². The van der Waals surface area contributed by atoms with Crippen molar-refractivity contribution >= 4 is 17.8 Å². The number of piperidine rings is 1. The molecule has 8 nitrogen and oxygen atoms in total. The zero-order chi connectivity index (χ0) is 27.5. The number of imide groups is 1. The molecule has 0 aromatic heterocycles. The van der Waals surface area contributed by atoms with Crippen LogP contribution < -0.4 is 5.32 Å². The number of carbonyl (C=O) groups is 3. The van der Waals surface area contributed by atoms with Crippen molar-refractivity contribution in [3.8, 4) is 0 Å². The summed E-state index contributed by atoms with van der Waals surface area (Å²) in [4.78, 5) is 43.1. The molecule has 38 heavy (non-hydrogen) atoms. The maximum Gasteiger partial charge on any atom is 0.414 e. The van der Waals surface area contributed by atoms with E-state index in [4.69, 9.17) is 14.2 Å². The van der Waals surface area contributed by atoms with Crippen LogP contribution in [0.25, 0.3) is 0 Å². The minimum Gasteiger partial charge on any atom is -0.445 e. The van der Waals surface area contributed by atoms with Crippen LogP contribution >= 0.6 is 0 Å². The molecule has 2 aliphatic heterocycles. The van der Waals surface area contributed by atoms with Gasteiger partial charge in [-0.1, -0.05) is 27.7 Å². The molecule has 5 fully saturated rings. The largest absolute Gasteiger partial charge is 0.445 e. The average molecular weight is 533 g/mol. The standard InChI is InChI=1S/C30H48N2O6/c1-18-7-10-30-11-8-22(37-6)24(30)29(18,4)23(15-28(3,12-14-36-5)25(33)19(30)2)38-27(35)31-26(34)21-17-32-13-9-20(21)16-32/h18-24H,7-17H2,1-6H3,(H,31,34,35)/t18-,19+,20-,21+,22-,23-,24?,28-,29+,30?/m1/s1. The van der Waals surface area contributed by atoms with E-state index < -0.39 is 23.0 Å². The van der Waals surface area contributed by atoms with Gasteiger partial charge in [0.1, 0.15) is 11.9 Å². The summed E-state index contributed by atoms with van der Waals surface area (Å²) < 4.78 is 17.8. The number of carbonyl (C=O) groups excluding carboxylic acids is 3. The lowest BCUT2D eigenvalue weighted by atomic mass is 9.44. The summed E-state index contributed by atoms with van der Waals surface area (Å²) in [5, 5.41) is 2.60. The van der Waals surface area contributed by atoms with Crippen molar-refractivity contribution in [1.82, 2.24) is 10.2 Å². The first-order valence-corrected chi connectivity index (χ1v) is 14.8. The van der Waals surface area contributed by atoms with Gasteiger partial charge in [0.25, 0.3) is 0 Å². The van der Waals surface area contributed by atoms with Crippen LogP contribution in [-0.2, 0) is 23.8 Å². The summed E-state index contributed by atoms with van der Waals surface area (Å²) in [6, 6.07) is 0. The van der Waals surface area contributed by atoms with E-state index in [9.17, 15) is 14.4 Å². The fourth-order valence-corrected chi connectivity index (χ4v) is 9.65. The predicted octanol–water partition coefficient (Wildman–Crippen LogP) is 4.06. The van der Waals surface area contributed by atoms with Gasteiger partial charge < -0.3 is 19.1 Å². The van der Waals surface area contributed by atoms with Crippen LogP contribution in [-0.4, -0.2) is 75.4 Å². The highest BCUT2D eigenvalue weighted by Crippen LogP contribution is 2.68. The third-order valence-electron chi connectivity index (χ3n) is 12.1. The van der Waals surface area contributed by atoms with Gasteiger partial charge in [-0.2, -0.15) is 0 Å². The van der Waals surface area contributed by atoms with Gasteiger partial charge in [-0.15, -0.1) is 0 Å². The van der Waals surface area contributed by atoms with Gasteiger partial charge in [-0.05, 0) is 68.7 Å². The second-order valence-electron chi connectivity index (χ2n) is 13.7. The van der Waals surface area contributed by atoms with Gasteiger partial charge >= 0.3 is 6.09 Å². The summed E-state index contributed by atoms with van der Waals surface area (Å²) in [7, 11) is 3.43. The lowest BCUT2D eigenvalue weighted by Crippen LogP contribution is -2.63. The number of alkyl carbamates (subject to hydrolysis) is 1. The molecule has 3 unspecified atom stereocenters. The number of nitrogens with one attached hydrogen (secondary N) is 1. The summed E-state index contributed by atoms with van der Waals surface area (Å²) in [5.41, 5.74) is -1.26. The van der Waals surface area contributed by atoms with Crippen LogP contribution in [0, 0.1) is 45.8 Å². The molecule has 2 amide bonds. The Morgan fingerprint density at radius 3 is 2.45 bits per heavy atom. The number of rotatable bonds is 6. The Morgan fingerprint density at radius 1 is 1.08 bits per heavy atom. The van der Waals surface area contributed by atoms with Crippen LogP contribution in [0.3, 0.4) is 0 Å². The van der Waals surface area contributed by atoms with Crippen molar-refractivity contribution in [2.24, 2.45) is 45.8 Å². The highest BCUT2D eigenvalue weighted by atomic mass is 16.6. The minimum absolute atomic E-state index is 0.0141. The van der Waals surface area contributed by atoms with Gasteiger partial charge in [0, 0.05) is 56.6 Å². The number of hydrogen-bond acceptors (Lipinski definition) is 7. The number of ketones is 1. The van der Waals surface area contributed by atoms with Crippen LogP contribution in [0.5, 0.6) is 0 Å². The van der Waals surface area contributed by atoms with Crippen molar-refractivity contribution in [2.75, 3.05) is 40.5 Å². The Bertz CT molecular complexity index is 957. The highest BCUT2D eigenvalue weighted by molar-refractivity contribution is 5.93. The van der Waals surface area contributed by atoms with Crippen LogP contribution in [0.15, 0.2) is 0 Å². The van der Waals surface area contributed by atoms with Crippen LogP contribution in [0.2, 0.25) is 0 Å². The van der Waals surface area contributed by atoms with Crippen LogP contribution in [0.4, 0.5) is 4.79 Å². The quantitative estimate of drug-likeness (QED) is 0.551. The van der Waals surface area contributed by atoms with E-state index in [1.165, 1.54) is 0 Å². The summed E-state index contributed by atoms with van der Waals surface area (Å²) in [6.07, 6.45) is 4.64. The Hall–Kier alpha value is -1.51. The van der Waals surface area contributed by atoms with Crippen molar-refractivity contribution < 1.29 is 28.6 Å². The number of Topliss-reactive ketones (excluding diaryl/α,β-unsaturated/α-hetero) is 1. The summed E-state index contributed by atoms with van der Waals surface area (Å²) in [6.45, 7) is 11.8. The molecule has 4 bridgehead atoms. The van der Waals surface area contributed by atoms with E-state index in [-0.39, 0.29) is 46.9 Å². The number of hydrogen-bond donors (Lipinski definition) is 1. The average Bonchev–Trinajstić information content (AvgIpc) is 3.63. The molecule has 3 saturated carbocycles. The second-order valence-corrected chi connectivity index (χ2v) is 13.7. The smallest absolute Gasteiger partial charge is 0.414 e. The molecule has 2 heterocycles. The molecule has 0 spiro atoms. The third kappa shape index (κ3) is 4.24. The molecular weight excluding hydrogens is 484 g/mol. The van der Waals surface area contributed by atoms with Gasteiger partial charge in [-0.3, -0.25) is 14.9 Å². The maximum absolute atomic E-state index is 14.3. The van der Waals surface area contributed by atoms with E-state index in [1.807, 2.05) is 6.92 Å². The lowest BCUT2D eigenvalue weighted by molar-refractivity contribution is -0.193. The monoisotopic (exact) mass is 532 g/mol. The van der Waals surface area contributed by atoms with Crippen molar-refractivity contribution in [3.05, 3.63) is 0 Å². The molecule has 3 aliphatic carbocycles. The van der Waals surface area contributed by atoms with Crippen molar-refractivity contribution in [1.29, 1.82) is 0 Å². The number of fused-ring (bicyclic) bond motifs is 2. The number of nitrogens with zero attached hydrogens (tertiary/aromatic N) is 1. The molecule has 2 saturated heterocycles. The normalized spacial score (nSPS) is 47.8. The molecule has 0 radical (unpaired) electrons. The number of ether oxygens (including phenoxy) is 3. The first-order chi connectivity index (χ1) is 18.0. The fourth-order valence-electron chi connectivity index (χ4n) is 9.65. The summed E-state index contributed by atoms with van der Waals surface area (Å²) in [5.74, 6) is 0.439. The topological polar surface area (TPSA) is 94.2 Å². The first-order valence-electron chi connectivity index (χ1n) is 14.8. The molecule has 8 heteroatoms. The Morgan fingerprint density at radius 2 is 1.82 bits per heavy atom. The molecular formula is C30H48N2O6. The second kappa shape index (κ2) is 10.2. The molecule has 0 aromatic rings. The minimum atomic E-state index is -0.691. The van der Waals surface area contributed by atoms with E-state index in [0.29, 0.717) is 31.9 Å². The van der Waals surface area contributed by atoms with Crippen molar-refractivity contribution in [2.45, 2.75) is 84.8 Å². The van der Waals surface area contributed by atoms with Crippen LogP contribution in [0.1, 0.15) is 72.6 Å². The van der Waals surface area contributed by atoms with E-state index >= 15 is 0 Å². The Balaban J connectivity index is 1.48.